The molecule has 0 spiro atoms. The smallest absolute Gasteiger partial charge is 0.308 e. The lowest BCUT2D eigenvalue weighted by molar-refractivity contribution is -0.131. The van der Waals surface area contributed by atoms with Gasteiger partial charge < -0.3 is 20.1 Å². The van der Waals surface area contributed by atoms with Gasteiger partial charge in [0.2, 0.25) is 5.91 Å². The van der Waals surface area contributed by atoms with Gasteiger partial charge in [-0.05, 0) is 65.4 Å². The number of benzene rings is 3. The molecule has 0 aliphatic carbocycles. The van der Waals surface area contributed by atoms with Crippen molar-refractivity contribution in [3.05, 3.63) is 89.5 Å². The summed E-state index contributed by atoms with van der Waals surface area (Å²) in [4.78, 5) is 36.0. The second kappa shape index (κ2) is 12.7. The fraction of sp³-hybridized carbons (Fsp3) is 0.300. The van der Waals surface area contributed by atoms with Gasteiger partial charge in [0, 0.05) is 31.1 Å². The summed E-state index contributed by atoms with van der Waals surface area (Å²) in [6.07, 6.45) is 0.925. The highest BCUT2D eigenvalue weighted by atomic mass is 16.5. The van der Waals surface area contributed by atoms with Gasteiger partial charge in [0.15, 0.2) is 0 Å². The van der Waals surface area contributed by atoms with Gasteiger partial charge in [0.1, 0.15) is 11.5 Å². The number of rotatable bonds is 10. The molecular formula is C30H34N2O5. The van der Waals surface area contributed by atoms with Crippen LogP contribution in [-0.2, 0) is 21.5 Å². The van der Waals surface area contributed by atoms with Crippen LogP contribution in [0.3, 0.4) is 0 Å². The number of hydrogen-bond acceptors (Lipinski definition) is 5. The largest absolute Gasteiger partial charge is 0.494 e. The third-order valence-electron chi connectivity index (χ3n) is 5.56. The van der Waals surface area contributed by atoms with Crippen LogP contribution in [-0.4, -0.2) is 24.4 Å². The van der Waals surface area contributed by atoms with Crippen LogP contribution in [0, 0.1) is 0 Å². The molecule has 0 aliphatic heterocycles. The predicted molar refractivity (Wildman–Crippen MR) is 144 cm³/mol. The molecule has 0 saturated heterocycles. The summed E-state index contributed by atoms with van der Waals surface area (Å²) in [6.45, 7) is 8.54. The lowest BCUT2D eigenvalue weighted by Gasteiger charge is -2.19. The molecule has 7 heteroatoms. The minimum atomic E-state index is -0.449. The summed E-state index contributed by atoms with van der Waals surface area (Å²) in [5.41, 5.74) is 3.22. The van der Waals surface area contributed by atoms with Crippen molar-refractivity contribution < 1.29 is 23.9 Å². The fourth-order valence-electron chi connectivity index (χ4n) is 3.61. The molecule has 0 aliphatic rings. The summed E-state index contributed by atoms with van der Waals surface area (Å²) in [5.74, 6) is 0.261. The minimum Gasteiger partial charge on any atom is -0.494 e. The highest BCUT2D eigenvalue weighted by Crippen LogP contribution is 2.24. The third-order valence-corrected chi connectivity index (χ3v) is 5.56. The van der Waals surface area contributed by atoms with Crippen LogP contribution in [0.25, 0.3) is 0 Å². The quantitative estimate of drug-likeness (QED) is 0.213. The molecule has 2 N–H and O–H groups in total. The van der Waals surface area contributed by atoms with E-state index in [-0.39, 0.29) is 23.8 Å². The maximum absolute atomic E-state index is 12.5. The van der Waals surface area contributed by atoms with Crippen LogP contribution >= 0.6 is 0 Å². The zero-order valence-corrected chi connectivity index (χ0v) is 21.8. The summed E-state index contributed by atoms with van der Waals surface area (Å²) in [7, 11) is 0. The van der Waals surface area contributed by atoms with Gasteiger partial charge in [0.25, 0.3) is 5.91 Å². The minimum absolute atomic E-state index is 0.0951. The van der Waals surface area contributed by atoms with Gasteiger partial charge in [-0.15, -0.1) is 0 Å². The van der Waals surface area contributed by atoms with Gasteiger partial charge in [-0.3, -0.25) is 14.4 Å². The number of esters is 1. The molecular weight excluding hydrogens is 468 g/mol. The molecule has 0 atom stereocenters. The molecule has 3 aromatic carbocycles. The lowest BCUT2D eigenvalue weighted by Crippen LogP contribution is -2.23. The summed E-state index contributed by atoms with van der Waals surface area (Å²) in [5, 5.41) is 5.73. The number of nitrogens with one attached hydrogen (secondary N) is 2. The van der Waals surface area contributed by atoms with Crippen molar-refractivity contribution in [1.29, 1.82) is 0 Å². The Bertz CT molecular complexity index is 1230. The summed E-state index contributed by atoms with van der Waals surface area (Å²) < 4.78 is 10.8. The van der Waals surface area contributed by atoms with E-state index in [1.807, 2.05) is 30.3 Å². The van der Waals surface area contributed by atoms with Crippen LogP contribution in [0.1, 0.15) is 62.0 Å². The first-order valence-electron chi connectivity index (χ1n) is 12.3. The highest BCUT2D eigenvalue weighted by Gasteiger charge is 2.13. The number of hydrogen-bond donors (Lipinski definition) is 2. The Kier molecular flexibility index (Phi) is 9.44. The van der Waals surface area contributed by atoms with E-state index in [1.54, 1.807) is 24.3 Å². The maximum atomic E-state index is 12.5. The Morgan fingerprint density at radius 1 is 0.865 bits per heavy atom. The van der Waals surface area contributed by atoms with Gasteiger partial charge in [-0.25, -0.2) is 0 Å². The topological polar surface area (TPSA) is 93.7 Å². The van der Waals surface area contributed by atoms with Crippen molar-refractivity contribution in [1.82, 2.24) is 5.32 Å². The Balaban J connectivity index is 1.42. The zero-order chi connectivity index (χ0) is 26.8. The third kappa shape index (κ3) is 9.11. The molecule has 0 radical (unpaired) electrons. The van der Waals surface area contributed by atoms with Crippen molar-refractivity contribution >= 4 is 23.5 Å². The van der Waals surface area contributed by atoms with Crippen LogP contribution in [0.5, 0.6) is 11.5 Å². The monoisotopic (exact) mass is 502 g/mol. The first kappa shape index (κ1) is 27.5. The maximum Gasteiger partial charge on any atom is 0.308 e. The Hall–Kier alpha value is -4.13. The van der Waals surface area contributed by atoms with E-state index in [9.17, 15) is 14.4 Å². The predicted octanol–water partition coefficient (Wildman–Crippen LogP) is 5.64. The Morgan fingerprint density at radius 2 is 1.59 bits per heavy atom. The van der Waals surface area contributed by atoms with Crippen molar-refractivity contribution in [3.8, 4) is 11.5 Å². The second-order valence-electron chi connectivity index (χ2n) is 9.78. The zero-order valence-electron chi connectivity index (χ0n) is 21.8. The number of anilines is 1. The highest BCUT2D eigenvalue weighted by molar-refractivity contribution is 5.94. The molecule has 0 saturated carbocycles. The van der Waals surface area contributed by atoms with E-state index in [0.29, 0.717) is 36.4 Å². The van der Waals surface area contributed by atoms with Crippen molar-refractivity contribution in [3.63, 3.8) is 0 Å². The van der Waals surface area contributed by atoms with Gasteiger partial charge in [0.05, 0.1) is 6.61 Å². The van der Waals surface area contributed by atoms with Crippen LogP contribution in [0.15, 0.2) is 72.8 Å². The fourth-order valence-corrected chi connectivity index (χ4v) is 3.61. The van der Waals surface area contributed by atoms with E-state index in [4.69, 9.17) is 9.47 Å². The number of amides is 2. The Labute approximate surface area is 218 Å². The molecule has 37 heavy (non-hydrogen) atoms. The van der Waals surface area contributed by atoms with Crippen LogP contribution in [0.4, 0.5) is 5.69 Å². The Morgan fingerprint density at radius 3 is 2.30 bits per heavy atom. The van der Waals surface area contributed by atoms with Gasteiger partial charge in [-0.2, -0.15) is 0 Å². The molecule has 2 amide bonds. The van der Waals surface area contributed by atoms with E-state index in [1.165, 1.54) is 18.6 Å². The first-order chi connectivity index (χ1) is 17.6. The average Bonchev–Trinajstić information content (AvgIpc) is 2.85. The second-order valence-corrected chi connectivity index (χ2v) is 9.78. The van der Waals surface area contributed by atoms with Crippen molar-refractivity contribution in [2.45, 2.75) is 52.5 Å². The normalized spacial score (nSPS) is 10.9. The molecule has 0 heterocycles. The first-order valence-corrected chi connectivity index (χ1v) is 12.3. The molecule has 0 bridgehead atoms. The van der Waals surface area contributed by atoms with E-state index >= 15 is 0 Å². The SMILES string of the molecule is CC(=O)Oc1cccc(C(=O)NCc2cccc(NC(=O)CCCOc3ccc(C(C)(C)C)cc3)c2)c1. The van der Waals surface area contributed by atoms with Gasteiger partial charge in [-0.1, -0.05) is 51.1 Å². The molecule has 3 aromatic rings. The molecule has 7 nitrogen and oxygen atoms in total. The van der Waals surface area contributed by atoms with Crippen LogP contribution in [0.2, 0.25) is 0 Å². The standard InChI is InChI=1S/C30H34N2O5/c1-21(33)37-27-11-6-9-23(19-27)29(35)31-20-22-8-5-10-25(18-22)32-28(34)12-7-17-36-26-15-13-24(14-16-26)30(2,3)4/h5-6,8-11,13-16,18-19H,7,12,17,20H2,1-4H3,(H,31,35)(H,32,34). The molecule has 3 rings (SSSR count). The number of carbonyl (C=O) groups is 3. The van der Waals surface area contributed by atoms with Crippen molar-refractivity contribution in [2.75, 3.05) is 11.9 Å². The van der Waals surface area contributed by atoms with Crippen LogP contribution < -0.4 is 20.1 Å². The summed E-state index contributed by atoms with van der Waals surface area (Å²) in [6, 6.07) is 21.8. The lowest BCUT2D eigenvalue weighted by atomic mass is 9.87. The molecule has 0 unspecified atom stereocenters. The number of ether oxygens (including phenoxy) is 2. The van der Waals surface area contributed by atoms with E-state index in [2.05, 4.69) is 43.5 Å². The van der Waals surface area contributed by atoms with Gasteiger partial charge >= 0.3 is 5.97 Å². The molecule has 0 fully saturated rings. The van der Waals surface area contributed by atoms with E-state index in [0.717, 1.165) is 11.3 Å². The van der Waals surface area contributed by atoms with Crippen molar-refractivity contribution in [2.24, 2.45) is 0 Å². The summed E-state index contributed by atoms with van der Waals surface area (Å²) >= 11 is 0. The molecule has 0 aromatic heterocycles. The van der Waals surface area contributed by atoms with E-state index < -0.39 is 5.97 Å². The number of carbonyl (C=O) groups excluding carboxylic acids is 3. The average molecular weight is 503 g/mol. The molecule has 194 valence electrons.